The van der Waals surface area contributed by atoms with Crippen LogP contribution in [0.1, 0.15) is 29.3 Å². The van der Waals surface area contributed by atoms with Gasteiger partial charge in [-0.05, 0) is 19.1 Å². The molecule has 1 fully saturated rings. The molecule has 0 saturated carbocycles. The van der Waals surface area contributed by atoms with Crippen molar-refractivity contribution in [2.75, 3.05) is 33.9 Å². The van der Waals surface area contributed by atoms with E-state index < -0.39 is 5.97 Å². The first-order valence-corrected chi connectivity index (χ1v) is 6.81. The van der Waals surface area contributed by atoms with E-state index in [1.165, 1.54) is 7.11 Å². The topological polar surface area (TPSA) is 81.0 Å². The molecule has 2 rings (SSSR count). The maximum absolute atomic E-state index is 11.9. The highest BCUT2D eigenvalue weighted by molar-refractivity contribution is 5.86. The molecule has 7 heteroatoms. The maximum Gasteiger partial charge on any atom is 0.373 e. The van der Waals surface area contributed by atoms with Gasteiger partial charge in [0, 0.05) is 13.6 Å². The molecule has 1 N–H and O–H groups in total. The molecule has 0 aromatic carbocycles. The molecule has 1 amide bonds. The fourth-order valence-electron chi connectivity index (χ4n) is 2.42. The fourth-order valence-corrected chi connectivity index (χ4v) is 2.42. The van der Waals surface area contributed by atoms with Gasteiger partial charge in [-0.15, -0.1) is 0 Å². The fraction of sp³-hybridized carbons (Fsp3) is 0.571. The number of rotatable bonds is 4. The SMILES string of the molecule is CNC(=O)C1COCCN1C(C)c1ccc(C(=O)OC)o1. The van der Waals surface area contributed by atoms with E-state index in [1.54, 1.807) is 19.2 Å². The molecule has 0 bridgehead atoms. The smallest absolute Gasteiger partial charge is 0.373 e. The second-order valence-electron chi connectivity index (χ2n) is 4.81. The number of likely N-dealkylation sites (N-methyl/N-ethyl adjacent to an activating group) is 1. The number of morpholine rings is 1. The number of carbonyl (C=O) groups is 2. The van der Waals surface area contributed by atoms with Crippen molar-refractivity contribution in [2.45, 2.75) is 19.0 Å². The van der Waals surface area contributed by atoms with E-state index in [0.717, 1.165) is 0 Å². The molecule has 21 heavy (non-hydrogen) atoms. The van der Waals surface area contributed by atoms with E-state index in [2.05, 4.69) is 10.1 Å². The number of hydrogen-bond acceptors (Lipinski definition) is 6. The minimum absolute atomic E-state index is 0.0960. The monoisotopic (exact) mass is 296 g/mol. The minimum Gasteiger partial charge on any atom is -0.463 e. The van der Waals surface area contributed by atoms with Gasteiger partial charge in [0.2, 0.25) is 11.7 Å². The quantitative estimate of drug-likeness (QED) is 0.818. The van der Waals surface area contributed by atoms with Crippen LogP contribution in [0.5, 0.6) is 0 Å². The third-order valence-corrected chi connectivity index (χ3v) is 3.64. The first-order valence-electron chi connectivity index (χ1n) is 6.81. The van der Waals surface area contributed by atoms with Gasteiger partial charge in [-0.2, -0.15) is 0 Å². The van der Waals surface area contributed by atoms with Gasteiger partial charge >= 0.3 is 5.97 Å². The van der Waals surface area contributed by atoms with Crippen LogP contribution in [-0.4, -0.2) is 56.7 Å². The predicted molar refractivity (Wildman–Crippen MR) is 73.8 cm³/mol. The van der Waals surface area contributed by atoms with Gasteiger partial charge in [-0.25, -0.2) is 4.79 Å². The first-order chi connectivity index (χ1) is 10.1. The van der Waals surface area contributed by atoms with Crippen molar-refractivity contribution < 1.29 is 23.5 Å². The van der Waals surface area contributed by atoms with Gasteiger partial charge < -0.3 is 19.2 Å². The van der Waals surface area contributed by atoms with Crippen molar-refractivity contribution in [1.82, 2.24) is 10.2 Å². The average Bonchev–Trinajstić information content (AvgIpc) is 3.02. The number of amides is 1. The molecule has 116 valence electrons. The molecular weight excluding hydrogens is 276 g/mol. The molecule has 7 nitrogen and oxygen atoms in total. The molecule has 2 unspecified atom stereocenters. The lowest BCUT2D eigenvalue weighted by atomic mass is 10.1. The van der Waals surface area contributed by atoms with E-state index >= 15 is 0 Å². The Kier molecular flexibility index (Phi) is 4.98. The Labute approximate surface area is 123 Å². The summed E-state index contributed by atoms with van der Waals surface area (Å²) in [5.74, 6) is 0.162. The lowest BCUT2D eigenvalue weighted by Crippen LogP contribution is -2.53. The summed E-state index contributed by atoms with van der Waals surface area (Å²) in [5.41, 5.74) is 0. The van der Waals surface area contributed by atoms with E-state index in [0.29, 0.717) is 25.5 Å². The van der Waals surface area contributed by atoms with Gasteiger partial charge in [0.15, 0.2) is 0 Å². The summed E-state index contributed by atoms with van der Waals surface area (Å²) in [6.07, 6.45) is 0. The molecule has 1 aromatic heterocycles. The van der Waals surface area contributed by atoms with Crippen LogP contribution < -0.4 is 5.32 Å². The highest BCUT2D eigenvalue weighted by Gasteiger charge is 2.34. The minimum atomic E-state index is -0.515. The Hall–Kier alpha value is -1.86. The Bertz CT molecular complexity index is 513. The number of ether oxygens (including phenoxy) is 2. The molecule has 2 atom stereocenters. The van der Waals surface area contributed by atoms with Crippen LogP contribution in [0.25, 0.3) is 0 Å². The second-order valence-corrected chi connectivity index (χ2v) is 4.81. The zero-order valence-electron chi connectivity index (χ0n) is 12.4. The molecule has 2 heterocycles. The van der Waals surface area contributed by atoms with Crippen molar-refractivity contribution in [3.8, 4) is 0 Å². The molecule has 0 spiro atoms. The summed E-state index contributed by atoms with van der Waals surface area (Å²) in [5, 5.41) is 2.64. The molecule has 1 aromatic rings. The Balaban J connectivity index is 2.16. The van der Waals surface area contributed by atoms with Gasteiger partial charge in [0.05, 0.1) is 26.4 Å². The van der Waals surface area contributed by atoms with Crippen molar-refractivity contribution in [1.29, 1.82) is 0 Å². The second kappa shape index (κ2) is 6.73. The molecular formula is C14H20N2O5. The summed E-state index contributed by atoms with van der Waals surface area (Å²) in [6, 6.07) is 2.79. The lowest BCUT2D eigenvalue weighted by molar-refractivity contribution is -0.134. The Morgan fingerprint density at radius 2 is 2.24 bits per heavy atom. The molecule has 1 aliphatic heterocycles. The van der Waals surface area contributed by atoms with Crippen LogP contribution in [0.3, 0.4) is 0 Å². The third kappa shape index (κ3) is 3.25. The number of carbonyl (C=O) groups excluding carboxylic acids is 2. The number of hydrogen-bond donors (Lipinski definition) is 1. The van der Waals surface area contributed by atoms with Crippen LogP contribution in [0.4, 0.5) is 0 Å². The van der Waals surface area contributed by atoms with Crippen molar-refractivity contribution in [3.05, 3.63) is 23.7 Å². The molecule has 0 radical (unpaired) electrons. The van der Waals surface area contributed by atoms with Crippen LogP contribution in [-0.2, 0) is 14.3 Å². The molecule has 0 aliphatic carbocycles. The van der Waals surface area contributed by atoms with E-state index in [9.17, 15) is 9.59 Å². The van der Waals surface area contributed by atoms with Crippen LogP contribution in [0.2, 0.25) is 0 Å². The van der Waals surface area contributed by atoms with Gasteiger partial charge in [-0.3, -0.25) is 9.69 Å². The van der Waals surface area contributed by atoms with E-state index in [4.69, 9.17) is 9.15 Å². The highest BCUT2D eigenvalue weighted by Crippen LogP contribution is 2.26. The highest BCUT2D eigenvalue weighted by atomic mass is 16.5. The summed E-state index contributed by atoms with van der Waals surface area (Å²) in [4.78, 5) is 25.4. The zero-order valence-corrected chi connectivity index (χ0v) is 12.4. The predicted octanol–water partition coefficient (Wildman–Crippen LogP) is 0.574. The van der Waals surface area contributed by atoms with Gasteiger partial charge in [-0.1, -0.05) is 0 Å². The summed E-state index contributed by atoms with van der Waals surface area (Å²) >= 11 is 0. The van der Waals surface area contributed by atoms with Crippen molar-refractivity contribution >= 4 is 11.9 Å². The Morgan fingerprint density at radius 3 is 2.90 bits per heavy atom. The Morgan fingerprint density at radius 1 is 1.48 bits per heavy atom. The van der Waals surface area contributed by atoms with Gasteiger partial charge in [0.25, 0.3) is 0 Å². The van der Waals surface area contributed by atoms with Crippen LogP contribution in [0, 0.1) is 0 Å². The largest absolute Gasteiger partial charge is 0.463 e. The zero-order chi connectivity index (χ0) is 15.4. The van der Waals surface area contributed by atoms with Crippen LogP contribution >= 0.6 is 0 Å². The normalized spacial score (nSPS) is 20.8. The number of methoxy groups -OCH3 is 1. The first kappa shape index (κ1) is 15.5. The number of esters is 1. The van der Waals surface area contributed by atoms with Crippen molar-refractivity contribution in [2.24, 2.45) is 0 Å². The van der Waals surface area contributed by atoms with E-state index in [1.807, 2.05) is 11.8 Å². The van der Waals surface area contributed by atoms with E-state index in [-0.39, 0.29) is 23.8 Å². The average molecular weight is 296 g/mol. The number of nitrogens with zero attached hydrogens (tertiary/aromatic N) is 1. The van der Waals surface area contributed by atoms with Crippen molar-refractivity contribution in [3.63, 3.8) is 0 Å². The van der Waals surface area contributed by atoms with Crippen LogP contribution in [0.15, 0.2) is 16.5 Å². The summed E-state index contributed by atoms with van der Waals surface area (Å²) in [7, 11) is 2.90. The lowest BCUT2D eigenvalue weighted by Gasteiger charge is -2.37. The molecule has 1 aliphatic rings. The molecule has 1 saturated heterocycles. The maximum atomic E-state index is 11.9. The number of furan rings is 1. The summed E-state index contributed by atoms with van der Waals surface area (Å²) in [6.45, 7) is 3.45. The van der Waals surface area contributed by atoms with Gasteiger partial charge in [0.1, 0.15) is 11.8 Å². The standard InChI is InChI=1S/C14H20N2O5/c1-9(11-4-5-12(21-11)14(18)19-3)16-6-7-20-8-10(16)13(17)15-2/h4-5,9-10H,6-8H2,1-3H3,(H,15,17). The number of nitrogens with one attached hydrogen (secondary N) is 1. The third-order valence-electron chi connectivity index (χ3n) is 3.64. The summed E-state index contributed by atoms with van der Waals surface area (Å²) < 4.78 is 15.5.